The minimum absolute atomic E-state index is 0.149. The van der Waals surface area contributed by atoms with Crippen LogP contribution in [0.4, 0.5) is 0 Å². The zero-order chi connectivity index (χ0) is 19.4. The van der Waals surface area contributed by atoms with Crippen LogP contribution in [0.15, 0.2) is 51.7 Å². The molecule has 0 saturated heterocycles. The number of halogens is 1. The molecule has 0 saturated carbocycles. The number of amides is 1. The molecule has 1 amide bonds. The Morgan fingerprint density at radius 3 is 2.74 bits per heavy atom. The molecule has 0 atom stereocenters. The second-order valence-corrected chi connectivity index (χ2v) is 6.63. The molecule has 0 aliphatic rings. The fraction of sp³-hybridized carbons (Fsp3) is 0.238. The predicted molar refractivity (Wildman–Crippen MR) is 105 cm³/mol. The molecule has 6 heteroatoms. The van der Waals surface area contributed by atoms with Gasteiger partial charge in [-0.15, -0.1) is 0 Å². The first-order valence-electron chi connectivity index (χ1n) is 8.60. The molecular formula is C21H20ClNO4. The maximum atomic E-state index is 12.3. The summed E-state index contributed by atoms with van der Waals surface area (Å²) in [5.41, 5.74) is 2.24. The van der Waals surface area contributed by atoms with Crippen LogP contribution in [0.2, 0.25) is 5.02 Å². The summed E-state index contributed by atoms with van der Waals surface area (Å²) in [6.07, 6.45) is 0.502. The van der Waals surface area contributed by atoms with Crippen LogP contribution in [0, 0.1) is 6.92 Å². The molecule has 27 heavy (non-hydrogen) atoms. The van der Waals surface area contributed by atoms with E-state index in [1.54, 1.807) is 19.2 Å². The van der Waals surface area contributed by atoms with Gasteiger partial charge in [0.15, 0.2) is 0 Å². The van der Waals surface area contributed by atoms with Crippen molar-refractivity contribution in [2.75, 3.05) is 7.11 Å². The van der Waals surface area contributed by atoms with Gasteiger partial charge in [-0.2, -0.15) is 0 Å². The second-order valence-electron chi connectivity index (χ2n) is 6.22. The maximum absolute atomic E-state index is 12.3. The van der Waals surface area contributed by atoms with Crippen molar-refractivity contribution in [2.45, 2.75) is 26.3 Å². The van der Waals surface area contributed by atoms with E-state index in [-0.39, 0.29) is 12.3 Å². The van der Waals surface area contributed by atoms with Crippen LogP contribution in [-0.4, -0.2) is 13.0 Å². The highest BCUT2D eigenvalue weighted by Crippen LogP contribution is 2.24. The molecule has 1 aromatic heterocycles. The summed E-state index contributed by atoms with van der Waals surface area (Å²) in [6, 6.07) is 12.7. The Bertz CT molecular complexity index is 1040. The third kappa shape index (κ3) is 4.31. The van der Waals surface area contributed by atoms with Crippen molar-refractivity contribution in [3.63, 3.8) is 0 Å². The van der Waals surface area contributed by atoms with Crippen molar-refractivity contribution in [1.82, 2.24) is 5.32 Å². The van der Waals surface area contributed by atoms with Crippen LogP contribution in [0.1, 0.15) is 23.1 Å². The lowest BCUT2D eigenvalue weighted by molar-refractivity contribution is -0.121. The van der Waals surface area contributed by atoms with Crippen molar-refractivity contribution in [2.24, 2.45) is 0 Å². The van der Waals surface area contributed by atoms with Crippen molar-refractivity contribution in [3.05, 3.63) is 74.6 Å². The van der Waals surface area contributed by atoms with Crippen molar-refractivity contribution >= 4 is 28.5 Å². The van der Waals surface area contributed by atoms with E-state index >= 15 is 0 Å². The Labute approximate surface area is 161 Å². The number of carbonyl (C=O) groups excluding carboxylic acids is 1. The van der Waals surface area contributed by atoms with Crippen LogP contribution >= 0.6 is 11.6 Å². The first-order chi connectivity index (χ1) is 13.0. The lowest BCUT2D eigenvalue weighted by atomic mass is 10.0. The number of rotatable bonds is 6. The highest BCUT2D eigenvalue weighted by atomic mass is 35.5. The summed E-state index contributed by atoms with van der Waals surface area (Å²) >= 11 is 6.09. The number of ether oxygens (including phenoxy) is 1. The van der Waals surface area contributed by atoms with Gasteiger partial charge >= 0.3 is 5.63 Å². The van der Waals surface area contributed by atoms with Crippen LogP contribution in [-0.2, 0) is 17.8 Å². The maximum Gasteiger partial charge on any atom is 0.339 e. The van der Waals surface area contributed by atoms with E-state index in [4.69, 9.17) is 20.8 Å². The van der Waals surface area contributed by atoms with Gasteiger partial charge < -0.3 is 14.5 Å². The minimum atomic E-state index is -0.424. The van der Waals surface area contributed by atoms with E-state index < -0.39 is 5.63 Å². The Morgan fingerprint density at radius 1 is 1.22 bits per heavy atom. The fourth-order valence-electron chi connectivity index (χ4n) is 2.95. The Balaban J connectivity index is 1.70. The molecule has 0 fully saturated rings. The van der Waals surface area contributed by atoms with Crippen molar-refractivity contribution in [1.29, 1.82) is 0 Å². The summed E-state index contributed by atoms with van der Waals surface area (Å²) in [5, 5.41) is 4.27. The van der Waals surface area contributed by atoms with Gasteiger partial charge in [0.25, 0.3) is 0 Å². The number of fused-ring (bicyclic) bond motifs is 1. The average molecular weight is 386 g/mol. The normalized spacial score (nSPS) is 10.8. The zero-order valence-corrected chi connectivity index (χ0v) is 15.9. The van der Waals surface area contributed by atoms with E-state index in [2.05, 4.69) is 5.32 Å². The molecule has 3 rings (SSSR count). The van der Waals surface area contributed by atoms with Crippen LogP contribution < -0.4 is 15.7 Å². The Hall–Kier alpha value is -2.79. The van der Waals surface area contributed by atoms with Gasteiger partial charge in [-0.1, -0.05) is 29.8 Å². The summed E-state index contributed by atoms with van der Waals surface area (Å²) in [5.74, 6) is 0.472. The number of aryl methyl sites for hydroxylation is 1. The molecule has 3 aromatic rings. The van der Waals surface area contributed by atoms with E-state index in [0.717, 1.165) is 16.5 Å². The zero-order valence-electron chi connectivity index (χ0n) is 15.2. The smallest absolute Gasteiger partial charge is 0.339 e. The molecule has 5 nitrogen and oxygen atoms in total. The predicted octanol–water partition coefficient (Wildman–Crippen LogP) is 4.01. The van der Waals surface area contributed by atoms with Gasteiger partial charge in [-0.25, -0.2) is 4.79 Å². The molecule has 0 radical (unpaired) electrons. The largest absolute Gasteiger partial charge is 0.497 e. The third-order valence-corrected chi connectivity index (χ3v) is 4.90. The number of nitrogens with one attached hydrogen (secondary N) is 1. The molecule has 0 unspecified atom stereocenters. The van der Waals surface area contributed by atoms with Crippen LogP contribution in [0.25, 0.3) is 11.0 Å². The Morgan fingerprint density at radius 2 is 2.00 bits per heavy atom. The molecule has 1 heterocycles. The standard InChI is InChI=1S/C21H20ClNO4/c1-13-16-8-7-15(26-2)11-19(16)27-21(25)17(13)9-10-20(24)23-12-14-5-3-4-6-18(14)22/h3-8,11H,9-10,12H2,1-2H3,(H,23,24). The summed E-state index contributed by atoms with van der Waals surface area (Å²) in [6.45, 7) is 2.21. The second kappa shape index (κ2) is 8.27. The summed E-state index contributed by atoms with van der Waals surface area (Å²) in [7, 11) is 1.56. The minimum Gasteiger partial charge on any atom is -0.497 e. The molecular weight excluding hydrogens is 366 g/mol. The average Bonchev–Trinajstić information content (AvgIpc) is 2.66. The molecule has 0 bridgehead atoms. The third-order valence-electron chi connectivity index (χ3n) is 4.53. The quantitative estimate of drug-likeness (QED) is 0.651. The molecule has 0 aliphatic carbocycles. The molecule has 0 aliphatic heterocycles. The summed E-state index contributed by atoms with van der Waals surface area (Å²) in [4.78, 5) is 24.5. The highest BCUT2D eigenvalue weighted by Gasteiger charge is 2.14. The number of hydrogen-bond donors (Lipinski definition) is 1. The van der Waals surface area contributed by atoms with E-state index in [0.29, 0.717) is 34.9 Å². The van der Waals surface area contributed by atoms with Gasteiger partial charge in [-0.3, -0.25) is 4.79 Å². The highest BCUT2D eigenvalue weighted by molar-refractivity contribution is 6.31. The fourth-order valence-corrected chi connectivity index (χ4v) is 3.16. The molecule has 0 spiro atoms. The first kappa shape index (κ1) is 19.0. The lowest BCUT2D eigenvalue weighted by Gasteiger charge is -2.10. The lowest BCUT2D eigenvalue weighted by Crippen LogP contribution is -2.24. The first-order valence-corrected chi connectivity index (χ1v) is 8.98. The van der Waals surface area contributed by atoms with Gasteiger partial charge in [0.05, 0.1) is 7.11 Å². The van der Waals surface area contributed by atoms with E-state index in [1.807, 2.05) is 37.3 Å². The van der Waals surface area contributed by atoms with Crippen molar-refractivity contribution < 1.29 is 13.9 Å². The monoisotopic (exact) mass is 385 g/mol. The van der Waals surface area contributed by atoms with Crippen LogP contribution in [0.3, 0.4) is 0 Å². The molecule has 140 valence electrons. The SMILES string of the molecule is COc1ccc2c(C)c(CCC(=O)NCc3ccccc3Cl)c(=O)oc2c1. The van der Waals surface area contributed by atoms with Gasteiger partial charge in [-0.05, 0) is 42.7 Å². The number of hydrogen-bond acceptors (Lipinski definition) is 4. The van der Waals surface area contributed by atoms with Gasteiger partial charge in [0.2, 0.25) is 5.91 Å². The topological polar surface area (TPSA) is 68.5 Å². The van der Waals surface area contributed by atoms with Gasteiger partial charge in [0, 0.05) is 35.0 Å². The number of methoxy groups -OCH3 is 1. The van der Waals surface area contributed by atoms with Crippen molar-refractivity contribution in [3.8, 4) is 5.75 Å². The number of carbonyl (C=O) groups is 1. The number of benzene rings is 2. The van der Waals surface area contributed by atoms with Gasteiger partial charge in [0.1, 0.15) is 11.3 Å². The van der Waals surface area contributed by atoms with Crippen LogP contribution in [0.5, 0.6) is 5.75 Å². The molecule has 1 N–H and O–H groups in total. The van der Waals surface area contributed by atoms with E-state index in [9.17, 15) is 9.59 Å². The molecule has 2 aromatic carbocycles. The van der Waals surface area contributed by atoms with E-state index in [1.165, 1.54) is 0 Å². The Kier molecular flexibility index (Phi) is 5.81. The summed E-state index contributed by atoms with van der Waals surface area (Å²) < 4.78 is 10.6.